The zero-order valence-corrected chi connectivity index (χ0v) is 20.6. The van der Waals surface area contributed by atoms with Gasteiger partial charge in [0.1, 0.15) is 5.57 Å². The van der Waals surface area contributed by atoms with E-state index in [0.717, 1.165) is 39.3 Å². The number of carbonyl (C=O) groups excluding carboxylic acids is 2. The van der Waals surface area contributed by atoms with Crippen LogP contribution in [0.3, 0.4) is 0 Å². The Morgan fingerprint density at radius 1 is 0.818 bits per heavy atom. The van der Waals surface area contributed by atoms with Crippen LogP contribution < -0.4 is 10.2 Å². The Morgan fingerprint density at radius 2 is 1.48 bits per heavy atom. The van der Waals surface area contributed by atoms with E-state index in [9.17, 15) is 9.59 Å². The molecular formula is C27H27N3O2S. The molecule has 1 fully saturated rings. The van der Waals surface area contributed by atoms with Gasteiger partial charge in [-0.1, -0.05) is 29.8 Å². The van der Waals surface area contributed by atoms with Crippen molar-refractivity contribution < 1.29 is 9.59 Å². The highest BCUT2D eigenvalue weighted by Crippen LogP contribution is 2.29. The topological polar surface area (TPSA) is 54.3 Å². The first kappa shape index (κ1) is 22.7. The van der Waals surface area contributed by atoms with Crippen LogP contribution >= 0.6 is 12.2 Å². The molecule has 0 aliphatic carbocycles. The van der Waals surface area contributed by atoms with Crippen molar-refractivity contribution in [1.82, 2.24) is 9.88 Å². The van der Waals surface area contributed by atoms with Crippen LogP contribution in [-0.4, -0.2) is 21.5 Å². The zero-order chi connectivity index (χ0) is 24.0. The molecule has 1 aromatic heterocycles. The summed E-state index contributed by atoms with van der Waals surface area (Å²) >= 11 is 5.36. The van der Waals surface area contributed by atoms with E-state index in [1.165, 1.54) is 10.5 Å². The lowest BCUT2D eigenvalue weighted by atomic mass is 10.0. The average molecular weight is 458 g/mol. The number of nitrogens with zero attached hydrogens (tertiary/aromatic N) is 2. The Bertz CT molecular complexity index is 1360. The summed E-state index contributed by atoms with van der Waals surface area (Å²) in [7, 11) is 0. The number of rotatable bonds is 3. The van der Waals surface area contributed by atoms with Gasteiger partial charge in [0.2, 0.25) is 0 Å². The third-order valence-corrected chi connectivity index (χ3v) is 6.36. The molecule has 6 heteroatoms. The maximum Gasteiger partial charge on any atom is 0.270 e. The summed E-state index contributed by atoms with van der Waals surface area (Å²) in [4.78, 5) is 27.7. The second-order valence-corrected chi connectivity index (χ2v) is 9.09. The Balaban J connectivity index is 1.80. The molecule has 0 bridgehead atoms. The monoisotopic (exact) mass is 457 g/mol. The van der Waals surface area contributed by atoms with Crippen molar-refractivity contribution in [3.63, 3.8) is 0 Å². The fraction of sp³-hybridized carbons (Fsp3) is 0.222. The van der Waals surface area contributed by atoms with Crippen LogP contribution in [-0.2, 0) is 9.59 Å². The first-order valence-corrected chi connectivity index (χ1v) is 11.2. The van der Waals surface area contributed by atoms with Crippen molar-refractivity contribution >= 4 is 40.9 Å². The third kappa shape index (κ3) is 4.02. The second kappa shape index (κ2) is 8.45. The van der Waals surface area contributed by atoms with Crippen molar-refractivity contribution in [2.24, 2.45) is 0 Å². The van der Waals surface area contributed by atoms with Gasteiger partial charge in [0.25, 0.3) is 11.8 Å². The molecule has 1 saturated heterocycles. The van der Waals surface area contributed by atoms with Gasteiger partial charge >= 0.3 is 0 Å². The molecule has 0 saturated carbocycles. The summed E-state index contributed by atoms with van der Waals surface area (Å²) in [6, 6.07) is 14.2. The maximum atomic E-state index is 13.5. The van der Waals surface area contributed by atoms with Gasteiger partial charge in [-0.25, -0.2) is 0 Å². The van der Waals surface area contributed by atoms with Crippen LogP contribution in [0.25, 0.3) is 11.8 Å². The third-order valence-electron chi connectivity index (χ3n) is 6.07. The molecular weight excluding hydrogens is 430 g/mol. The molecule has 168 valence electrons. The highest BCUT2D eigenvalue weighted by molar-refractivity contribution is 7.80. The van der Waals surface area contributed by atoms with Crippen LogP contribution in [0.2, 0.25) is 0 Å². The minimum atomic E-state index is -0.483. The summed E-state index contributed by atoms with van der Waals surface area (Å²) < 4.78 is 2.15. The predicted octanol–water partition coefficient (Wildman–Crippen LogP) is 5.16. The number of thiocarbonyl (C=S) groups is 1. The first-order chi connectivity index (χ1) is 15.6. The van der Waals surface area contributed by atoms with Crippen molar-refractivity contribution in [1.29, 1.82) is 0 Å². The van der Waals surface area contributed by atoms with Gasteiger partial charge in [0.15, 0.2) is 5.11 Å². The molecule has 0 atom stereocenters. The summed E-state index contributed by atoms with van der Waals surface area (Å²) in [6.45, 7) is 12.0. The number of hydrogen-bond donors (Lipinski definition) is 1. The van der Waals surface area contributed by atoms with E-state index < -0.39 is 11.8 Å². The van der Waals surface area contributed by atoms with Gasteiger partial charge in [-0.05, 0) is 100 Å². The quantitative estimate of drug-likeness (QED) is 0.336. The predicted molar refractivity (Wildman–Crippen MR) is 137 cm³/mol. The van der Waals surface area contributed by atoms with E-state index in [-0.39, 0.29) is 10.7 Å². The van der Waals surface area contributed by atoms with E-state index in [1.807, 2.05) is 52.0 Å². The lowest BCUT2D eigenvalue weighted by Gasteiger charge is -2.30. The molecule has 0 spiro atoms. The fourth-order valence-corrected chi connectivity index (χ4v) is 4.63. The molecule has 2 heterocycles. The number of amides is 2. The molecule has 5 nitrogen and oxygen atoms in total. The lowest BCUT2D eigenvalue weighted by molar-refractivity contribution is -0.122. The van der Waals surface area contributed by atoms with Crippen molar-refractivity contribution in [3.8, 4) is 5.69 Å². The summed E-state index contributed by atoms with van der Waals surface area (Å²) in [5, 5.41) is 2.78. The number of aromatic nitrogens is 1. The highest BCUT2D eigenvalue weighted by atomic mass is 32.1. The van der Waals surface area contributed by atoms with Gasteiger partial charge in [-0.3, -0.25) is 19.8 Å². The highest BCUT2D eigenvalue weighted by Gasteiger charge is 2.35. The summed E-state index contributed by atoms with van der Waals surface area (Å²) in [6.07, 6.45) is 1.67. The minimum absolute atomic E-state index is 0.0605. The smallest absolute Gasteiger partial charge is 0.270 e. The molecule has 1 N–H and O–H groups in total. The molecule has 4 rings (SSSR count). The molecule has 2 amide bonds. The van der Waals surface area contributed by atoms with Crippen LogP contribution in [0.4, 0.5) is 5.69 Å². The summed E-state index contributed by atoms with van der Waals surface area (Å²) in [5.41, 5.74) is 8.89. The van der Waals surface area contributed by atoms with Gasteiger partial charge < -0.3 is 4.57 Å². The van der Waals surface area contributed by atoms with E-state index in [4.69, 9.17) is 12.2 Å². The first-order valence-electron chi connectivity index (χ1n) is 10.8. The van der Waals surface area contributed by atoms with Crippen LogP contribution in [0, 0.1) is 41.5 Å². The van der Waals surface area contributed by atoms with Crippen molar-refractivity contribution in [3.05, 3.63) is 87.2 Å². The van der Waals surface area contributed by atoms with Crippen molar-refractivity contribution in [2.45, 2.75) is 41.5 Å². The second-order valence-electron chi connectivity index (χ2n) is 8.70. The number of nitrogens with one attached hydrogen (secondary N) is 1. The van der Waals surface area contributed by atoms with E-state index >= 15 is 0 Å². The Kier molecular flexibility index (Phi) is 5.80. The van der Waals surface area contributed by atoms with Crippen LogP contribution in [0.5, 0.6) is 0 Å². The number of anilines is 1. The molecule has 1 aliphatic rings. The van der Waals surface area contributed by atoms with Gasteiger partial charge in [0.05, 0.1) is 5.69 Å². The lowest BCUT2D eigenvalue weighted by Crippen LogP contribution is -2.54. The molecule has 1 aliphatic heterocycles. The molecule has 3 aromatic rings. The van der Waals surface area contributed by atoms with E-state index in [1.54, 1.807) is 6.08 Å². The molecule has 0 unspecified atom stereocenters. The maximum absolute atomic E-state index is 13.5. The number of benzene rings is 2. The van der Waals surface area contributed by atoms with Gasteiger partial charge in [0, 0.05) is 17.1 Å². The Hall–Kier alpha value is -3.51. The van der Waals surface area contributed by atoms with Crippen molar-refractivity contribution in [2.75, 3.05) is 4.90 Å². The fourth-order valence-electron chi connectivity index (χ4n) is 4.35. The van der Waals surface area contributed by atoms with E-state index in [2.05, 4.69) is 41.9 Å². The molecule has 33 heavy (non-hydrogen) atoms. The number of carbonyl (C=O) groups is 2. The largest absolute Gasteiger partial charge is 0.318 e. The van der Waals surface area contributed by atoms with Gasteiger partial charge in [-0.15, -0.1) is 0 Å². The van der Waals surface area contributed by atoms with Crippen LogP contribution in [0.1, 0.15) is 39.2 Å². The minimum Gasteiger partial charge on any atom is -0.318 e. The average Bonchev–Trinajstić information content (AvgIpc) is 3.01. The Morgan fingerprint density at radius 3 is 2.18 bits per heavy atom. The normalized spacial score (nSPS) is 15.4. The zero-order valence-electron chi connectivity index (χ0n) is 19.7. The summed E-state index contributed by atoms with van der Waals surface area (Å²) in [5.74, 6) is -0.906. The van der Waals surface area contributed by atoms with E-state index in [0.29, 0.717) is 5.69 Å². The number of hydrogen-bond acceptors (Lipinski definition) is 3. The SMILES string of the molecule is Cc1ccc(-n2c(C)cc(/C=C3\C(=O)NC(=S)N(c4cc(C)ccc4C)C3=O)c2C)c(C)c1. The van der Waals surface area contributed by atoms with Gasteiger partial charge in [-0.2, -0.15) is 0 Å². The molecule has 0 radical (unpaired) electrons. The standard InChI is InChI=1S/C27H27N3O2S/c1-15-8-10-23(18(4)11-15)29-19(5)13-21(20(29)6)14-22-25(31)28-27(33)30(26(22)32)24-12-16(2)7-9-17(24)3/h7-14H,1-6H3,(H,28,31,33)/b22-14+. The van der Waals surface area contributed by atoms with Crippen LogP contribution in [0.15, 0.2) is 48.0 Å². The molecule has 2 aromatic carbocycles. The Labute approximate surface area is 199 Å². The number of aryl methyl sites for hydroxylation is 5.